The maximum atomic E-state index is 11.2. The van der Waals surface area contributed by atoms with E-state index < -0.39 is 5.97 Å². The Morgan fingerprint density at radius 1 is 0.875 bits per heavy atom. The van der Waals surface area contributed by atoms with Gasteiger partial charge in [-0.25, -0.2) is 4.79 Å². The molecule has 0 aliphatic rings. The number of carboxylic acid groups (broad SMARTS) is 1. The van der Waals surface area contributed by atoms with Crippen molar-refractivity contribution in [1.82, 2.24) is 9.13 Å². The van der Waals surface area contributed by atoms with Crippen molar-refractivity contribution in [2.75, 3.05) is 0 Å². The van der Waals surface area contributed by atoms with E-state index in [9.17, 15) is 9.90 Å². The summed E-state index contributed by atoms with van der Waals surface area (Å²) in [4.78, 5) is 11.2. The Kier molecular flexibility index (Phi) is 5.41. The number of carboxylic acids is 1. The Balaban J connectivity index is 1.44. The number of aromatic carboxylic acids is 1. The molecule has 4 nitrogen and oxygen atoms in total. The molecule has 160 valence electrons. The van der Waals surface area contributed by atoms with Crippen LogP contribution < -0.4 is 0 Å². The first kappa shape index (κ1) is 20.7. The van der Waals surface area contributed by atoms with Crippen LogP contribution in [0.5, 0.6) is 0 Å². The van der Waals surface area contributed by atoms with Crippen LogP contribution in [0.3, 0.4) is 0 Å². The normalized spacial score (nSPS) is 11.4. The number of para-hydroxylation sites is 1. The molecule has 0 spiro atoms. The average molecular weight is 463 g/mol. The van der Waals surface area contributed by atoms with Crippen molar-refractivity contribution in [3.05, 3.63) is 106 Å². The Morgan fingerprint density at radius 2 is 1.72 bits per heavy atom. The second kappa shape index (κ2) is 8.38. The zero-order chi connectivity index (χ0) is 22.2. The van der Waals surface area contributed by atoms with E-state index in [0.29, 0.717) is 22.2 Å². The Hall–Kier alpha value is -3.21. The minimum Gasteiger partial charge on any atom is -0.478 e. The van der Waals surface area contributed by atoms with E-state index in [4.69, 9.17) is 23.2 Å². The zero-order valence-corrected chi connectivity index (χ0v) is 18.6. The molecule has 0 amide bonds. The van der Waals surface area contributed by atoms with Gasteiger partial charge in [0.1, 0.15) is 0 Å². The fourth-order valence-corrected chi connectivity index (χ4v) is 4.72. The topological polar surface area (TPSA) is 47.2 Å². The highest BCUT2D eigenvalue weighted by atomic mass is 35.5. The molecule has 0 saturated heterocycles. The van der Waals surface area contributed by atoms with E-state index in [1.165, 1.54) is 10.9 Å². The van der Waals surface area contributed by atoms with Crippen LogP contribution in [0.4, 0.5) is 0 Å². The summed E-state index contributed by atoms with van der Waals surface area (Å²) in [5.74, 6) is -0.909. The van der Waals surface area contributed by atoms with Gasteiger partial charge in [-0.2, -0.15) is 0 Å². The summed E-state index contributed by atoms with van der Waals surface area (Å²) in [6, 6.07) is 21.2. The molecule has 0 aliphatic carbocycles. The number of carbonyl (C=O) groups is 1. The standard InChI is InChI=1S/C26H20Cl2N2O2/c27-21-7-5-20(23(28)14-21)16-30-15-19(22-3-1-2-4-25(22)30)10-12-29-11-9-17-13-18(26(31)32)6-8-24(17)29/h1-9,11,13-15H,10,12,16H2,(H,31,32). The molecule has 3 aromatic carbocycles. The summed E-state index contributed by atoms with van der Waals surface area (Å²) in [5, 5.41) is 12.7. The van der Waals surface area contributed by atoms with Gasteiger partial charge in [0.15, 0.2) is 0 Å². The number of benzene rings is 3. The second-order valence-electron chi connectivity index (χ2n) is 7.87. The van der Waals surface area contributed by atoms with Crippen LogP contribution in [-0.2, 0) is 19.5 Å². The van der Waals surface area contributed by atoms with E-state index in [0.717, 1.165) is 34.9 Å². The van der Waals surface area contributed by atoms with Crippen molar-refractivity contribution in [3.63, 3.8) is 0 Å². The average Bonchev–Trinajstić information content (AvgIpc) is 3.35. The molecule has 6 heteroatoms. The van der Waals surface area contributed by atoms with Crippen molar-refractivity contribution in [2.45, 2.75) is 19.5 Å². The van der Waals surface area contributed by atoms with E-state index in [2.05, 4.69) is 33.5 Å². The van der Waals surface area contributed by atoms with Gasteiger partial charge in [-0.1, -0.05) is 47.5 Å². The molecule has 0 radical (unpaired) electrons. The van der Waals surface area contributed by atoms with Crippen molar-refractivity contribution in [1.29, 1.82) is 0 Å². The van der Waals surface area contributed by atoms with Gasteiger partial charge in [0.2, 0.25) is 0 Å². The Labute approximate surface area is 195 Å². The second-order valence-corrected chi connectivity index (χ2v) is 8.72. The monoisotopic (exact) mass is 462 g/mol. The van der Waals surface area contributed by atoms with Gasteiger partial charge in [-0.15, -0.1) is 0 Å². The van der Waals surface area contributed by atoms with Crippen molar-refractivity contribution < 1.29 is 9.90 Å². The fourth-order valence-electron chi connectivity index (χ4n) is 4.26. The number of halogens is 2. The molecule has 5 rings (SSSR count). The van der Waals surface area contributed by atoms with Gasteiger partial charge < -0.3 is 14.2 Å². The summed E-state index contributed by atoms with van der Waals surface area (Å²) < 4.78 is 4.40. The van der Waals surface area contributed by atoms with Crippen LogP contribution in [0.2, 0.25) is 10.0 Å². The van der Waals surface area contributed by atoms with Crippen LogP contribution in [0.1, 0.15) is 21.5 Å². The number of fused-ring (bicyclic) bond motifs is 2. The van der Waals surface area contributed by atoms with Crippen LogP contribution in [0, 0.1) is 0 Å². The highest BCUT2D eigenvalue weighted by molar-refractivity contribution is 6.35. The largest absolute Gasteiger partial charge is 0.478 e. The molecule has 32 heavy (non-hydrogen) atoms. The molecule has 2 heterocycles. The smallest absolute Gasteiger partial charge is 0.335 e. The molecule has 0 bridgehead atoms. The van der Waals surface area contributed by atoms with E-state index in [1.807, 2.05) is 36.5 Å². The van der Waals surface area contributed by atoms with Gasteiger partial charge in [0.05, 0.1) is 5.56 Å². The number of aryl methyl sites for hydroxylation is 2. The summed E-state index contributed by atoms with van der Waals surface area (Å²) in [7, 11) is 0. The third-order valence-corrected chi connectivity index (χ3v) is 6.45. The van der Waals surface area contributed by atoms with Gasteiger partial charge in [0, 0.05) is 57.3 Å². The van der Waals surface area contributed by atoms with Crippen molar-refractivity contribution >= 4 is 51.0 Å². The molecule has 5 aromatic rings. The van der Waals surface area contributed by atoms with Crippen LogP contribution in [0.25, 0.3) is 21.8 Å². The Morgan fingerprint density at radius 3 is 2.53 bits per heavy atom. The number of hydrogen-bond donors (Lipinski definition) is 1. The predicted octanol–water partition coefficient (Wildman–Crippen LogP) is 6.89. The summed E-state index contributed by atoms with van der Waals surface area (Å²) in [6.45, 7) is 1.46. The van der Waals surface area contributed by atoms with Gasteiger partial charge in [-0.05, 0) is 60.0 Å². The highest BCUT2D eigenvalue weighted by Crippen LogP contribution is 2.27. The van der Waals surface area contributed by atoms with Crippen molar-refractivity contribution in [2.24, 2.45) is 0 Å². The van der Waals surface area contributed by atoms with Gasteiger partial charge in [0.25, 0.3) is 0 Å². The molecule has 0 saturated carbocycles. The third kappa shape index (κ3) is 3.88. The lowest BCUT2D eigenvalue weighted by Crippen LogP contribution is -2.01. The maximum absolute atomic E-state index is 11.2. The zero-order valence-electron chi connectivity index (χ0n) is 17.1. The lowest BCUT2D eigenvalue weighted by atomic mass is 10.1. The number of nitrogens with zero attached hydrogens (tertiary/aromatic N) is 2. The molecule has 0 fully saturated rings. The van der Waals surface area contributed by atoms with E-state index in [-0.39, 0.29) is 0 Å². The molecule has 1 N–H and O–H groups in total. The third-order valence-electron chi connectivity index (χ3n) is 5.87. The summed E-state index contributed by atoms with van der Waals surface area (Å²) in [6.07, 6.45) is 5.07. The van der Waals surface area contributed by atoms with E-state index >= 15 is 0 Å². The van der Waals surface area contributed by atoms with Gasteiger partial charge in [-0.3, -0.25) is 0 Å². The van der Waals surface area contributed by atoms with E-state index in [1.54, 1.807) is 18.2 Å². The Bertz CT molecular complexity index is 1470. The maximum Gasteiger partial charge on any atom is 0.335 e. The fraction of sp³-hybridized carbons (Fsp3) is 0.115. The lowest BCUT2D eigenvalue weighted by molar-refractivity contribution is 0.0697. The number of rotatable bonds is 6. The quantitative estimate of drug-likeness (QED) is 0.298. The minimum atomic E-state index is -0.909. The summed E-state index contributed by atoms with van der Waals surface area (Å²) >= 11 is 12.5. The molecular formula is C26H20Cl2N2O2. The number of aromatic nitrogens is 2. The first-order chi connectivity index (χ1) is 15.5. The number of hydrogen-bond acceptors (Lipinski definition) is 1. The molecule has 0 aliphatic heterocycles. The van der Waals surface area contributed by atoms with Crippen LogP contribution in [0.15, 0.2) is 79.1 Å². The van der Waals surface area contributed by atoms with Crippen LogP contribution in [-0.4, -0.2) is 20.2 Å². The first-order valence-corrected chi connectivity index (χ1v) is 11.1. The SMILES string of the molecule is O=C(O)c1ccc2c(ccn2CCc2cn(Cc3ccc(Cl)cc3Cl)c3ccccc23)c1. The first-order valence-electron chi connectivity index (χ1n) is 10.3. The molecule has 2 aromatic heterocycles. The summed E-state index contributed by atoms with van der Waals surface area (Å²) in [5.41, 5.74) is 4.78. The minimum absolute atomic E-state index is 0.305. The highest BCUT2D eigenvalue weighted by Gasteiger charge is 2.12. The molecule has 0 unspecified atom stereocenters. The van der Waals surface area contributed by atoms with Crippen molar-refractivity contribution in [3.8, 4) is 0 Å². The molecular weight excluding hydrogens is 443 g/mol. The molecule has 0 atom stereocenters. The lowest BCUT2D eigenvalue weighted by Gasteiger charge is -2.08. The van der Waals surface area contributed by atoms with Gasteiger partial charge >= 0.3 is 5.97 Å². The predicted molar refractivity (Wildman–Crippen MR) is 130 cm³/mol. The van der Waals surface area contributed by atoms with Crippen LogP contribution >= 0.6 is 23.2 Å².